The smallest absolute Gasteiger partial charge is 0.324 e. The fourth-order valence-electron chi connectivity index (χ4n) is 0.768. The van der Waals surface area contributed by atoms with Crippen molar-refractivity contribution >= 4 is 28.7 Å². The Morgan fingerprint density at radius 1 is 1.57 bits per heavy atom. The topological polar surface area (TPSA) is 56.0 Å². The van der Waals surface area contributed by atoms with E-state index in [0.717, 1.165) is 0 Å². The van der Waals surface area contributed by atoms with Crippen molar-refractivity contribution in [2.24, 2.45) is 5.73 Å². The van der Waals surface area contributed by atoms with E-state index in [1.165, 1.54) is 0 Å². The number of Topliss-reactive ketones (excluding diaryl/α,β-unsaturated/α-hetero) is 1. The zero-order chi connectivity index (χ0) is 10.9. The Hall–Kier alpha value is -0.660. The summed E-state index contributed by atoms with van der Waals surface area (Å²) in [4.78, 5) is 13.5. The quantitative estimate of drug-likeness (QED) is 0.809. The van der Waals surface area contributed by atoms with Crippen LogP contribution in [-0.2, 0) is 6.18 Å². The highest BCUT2D eigenvalue weighted by molar-refractivity contribution is 7.17. The van der Waals surface area contributed by atoms with Crippen LogP contribution in [0.5, 0.6) is 0 Å². The van der Waals surface area contributed by atoms with Gasteiger partial charge in [0.2, 0.25) is 0 Å². The first-order valence-electron chi connectivity index (χ1n) is 3.33. The summed E-state index contributed by atoms with van der Waals surface area (Å²) in [6.07, 6.45) is -4.68. The Morgan fingerprint density at radius 2 is 2.14 bits per heavy atom. The van der Waals surface area contributed by atoms with Gasteiger partial charge in [-0.2, -0.15) is 13.2 Å². The molecule has 78 valence electrons. The molecule has 0 saturated heterocycles. The number of carbonyl (C=O) groups is 1. The molecule has 0 bridgehead atoms. The van der Waals surface area contributed by atoms with Crippen molar-refractivity contribution in [3.63, 3.8) is 0 Å². The van der Waals surface area contributed by atoms with Gasteiger partial charge in [-0.25, -0.2) is 4.98 Å². The van der Waals surface area contributed by atoms with Gasteiger partial charge in [0.15, 0.2) is 15.9 Å². The van der Waals surface area contributed by atoms with Gasteiger partial charge in [-0.05, 0) is 0 Å². The third kappa shape index (κ3) is 2.23. The average molecular weight is 245 g/mol. The minimum Gasteiger partial charge on any atom is -0.324 e. The lowest BCUT2D eigenvalue weighted by Gasteiger charge is -2.03. The molecule has 0 saturated carbocycles. The fraction of sp³-hybridized carbons (Fsp3) is 0.333. The summed E-state index contributed by atoms with van der Waals surface area (Å²) in [5.41, 5.74) is 3.68. The van der Waals surface area contributed by atoms with Gasteiger partial charge in [0, 0.05) is 0 Å². The van der Waals surface area contributed by atoms with Crippen molar-refractivity contribution in [3.05, 3.63) is 15.0 Å². The molecule has 2 N–H and O–H groups in total. The van der Waals surface area contributed by atoms with E-state index in [1.54, 1.807) is 0 Å². The summed E-state index contributed by atoms with van der Waals surface area (Å²) in [5, 5.41) is 0. The van der Waals surface area contributed by atoms with E-state index < -0.39 is 29.1 Å². The molecule has 1 aromatic rings. The maximum Gasteiger partial charge on any atom is 0.434 e. The highest BCUT2D eigenvalue weighted by atomic mass is 35.5. The molecule has 0 atom stereocenters. The second kappa shape index (κ2) is 3.84. The van der Waals surface area contributed by atoms with Crippen LogP contribution in [0.3, 0.4) is 0 Å². The molecule has 1 aromatic heterocycles. The van der Waals surface area contributed by atoms with Gasteiger partial charge >= 0.3 is 6.18 Å². The van der Waals surface area contributed by atoms with Crippen molar-refractivity contribution in [2.45, 2.75) is 6.18 Å². The number of nitrogens with zero attached hydrogens (tertiary/aromatic N) is 1. The molecule has 0 fully saturated rings. The van der Waals surface area contributed by atoms with Crippen LogP contribution in [0.1, 0.15) is 15.4 Å². The maximum atomic E-state index is 12.3. The van der Waals surface area contributed by atoms with Crippen LogP contribution in [0.25, 0.3) is 0 Å². The van der Waals surface area contributed by atoms with Crippen LogP contribution < -0.4 is 5.73 Å². The lowest BCUT2D eigenvalue weighted by atomic mass is 10.2. The molecule has 0 aliphatic rings. The van der Waals surface area contributed by atoms with E-state index in [2.05, 4.69) is 4.98 Å². The Kier molecular flexibility index (Phi) is 3.13. The summed E-state index contributed by atoms with van der Waals surface area (Å²) < 4.78 is 36.4. The number of hydrogen-bond acceptors (Lipinski definition) is 4. The van der Waals surface area contributed by atoms with Crippen LogP contribution in [-0.4, -0.2) is 17.3 Å². The molecule has 0 aliphatic carbocycles. The van der Waals surface area contributed by atoms with Crippen molar-refractivity contribution in [3.8, 4) is 0 Å². The second-order valence-electron chi connectivity index (χ2n) is 2.27. The number of halogens is 4. The molecule has 0 aliphatic heterocycles. The third-order valence-electron chi connectivity index (χ3n) is 1.31. The van der Waals surface area contributed by atoms with Crippen LogP contribution in [0, 0.1) is 0 Å². The lowest BCUT2D eigenvalue weighted by molar-refractivity contribution is -0.141. The van der Waals surface area contributed by atoms with Crippen LogP contribution in [0.4, 0.5) is 13.2 Å². The van der Waals surface area contributed by atoms with Crippen molar-refractivity contribution in [2.75, 3.05) is 6.54 Å². The largest absolute Gasteiger partial charge is 0.434 e. The third-order valence-corrected chi connectivity index (χ3v) is 2.51. The molecule has 0 radical (unpaired) electrons. The maximum absolute atomic E-state index is 12.3. The standard InChI is InChI=1S/C6H4ClF3N2OS/c7-5-12-4(6(8,9)10)3(14-5)2(13)1-11/h1,11H2. The molecule has 3 nitrogen and oxygen atoms in total. The van der Waals surface area contributed by atoms with Gasteiger partial charge in [0.25, 0.3) is 0 Å². The van der Waals surface area contributed by atoms with Gasteiger partial charge in [-0.3, -0.25) is 4.79 Å². The highest BCUT2D eigenvalue weighted by Crippen LogP contribution is 2.35. The van der Waals surface area contributed by atoms with E-state index in [4.69, 9.17) is 17.3 Å². The first-order chi connectivity index (χ1) is 6.36. The first-order valence-corrected chi connectivity index (χ1v) is 4.52. The van der Waals surface area contributed by atoms with Gasteiger partial charge in [0.1, 0.15) is 4.88 Å². The number of nitrogens with two attached hydrogens (primary N) is 1. The minimum atomic E-state index is -4.68. The number of rotatable bonds is 2. The molecule has 0 unspecified atom stereocenters. The summed E-state index contributed by atoms with van der Waals surface area (Å²) in [6, 6.07) is 0. The fourth-order valence-corrected chi connectivity index (χ4v) is 1.84. The van der Waals surface area contributed by atoms with Gasteiger partial charge in [-0.1, -0.05) is 22.9 Å². The van der Waals surface area contributed by atoms with E-state index in [0.29, 0.717) is 11.3 Å². The van der Waals surface area contributed by atoms with Crippen molar-refractivity contribution in [1.29, 1.82) is 0 Å². The van der Waals surface area contributed by atoms with Gasteiger partial charge in [-0.15, -0.1) is 0 Å². The molecule has 0 aromatic carbocycles. The molecular weight excluding hydrogens is 241 g/mol. The number of thiazole rings is 1. The first kappa shape index (κ1) is 11.4. The summed E-state index contributed by atoms with van der Waals surface area (Å²) in [6.45, 7) is -0.498. The zero-order valence-electron chi connectivity index (χ0n) is 6.56. The van der Waals surface area contributed by atoms with E-state index >= 15 is 0 Å². The number of ketones is 1. The molecule has 8 heteroatoms. The molecule has 0 amide bonds. The summed E-state index contributed by atoms with van der Waals surface area (Å²) in [5.74, 6) is -0.818. The zero-order valence-corrected chi connectivity index (χ0v) is 8.13. The Bertz CT molecular complexity index is 362. The van der Waals surface area contributed by atoms with Crippen molar-refractivity contribution < 1.29 is 18.0 Å². The normalized spacial score (nSPS) is 11.8. The van der Waals surface area contributed by atoms with E-state index in [1.807, 2.05) is 0 Å². The second-order valence-corrected chi connectivity index (χ2v) is 3.85. The summed E-state index contributed by atoms with van der Waals surface area (Å²) >= 11 is 5.77. The van der Waals surface area contributed by atoms with E-state index in [9.17, 15) is 18.0 Å². The van der Waals surface area contributed by atoms with Crippen LogP contribution in [0.15, 0.2) is 0 Å². The molecule has 1 heterocycles. The molecular formula is C6H4ClF3N2OS. The van der Waals surface area contributed by atoms with Gasteiger partial charge < -0.3 is 5.73 Å². The number of hydrogen-bond donors (Lipinski definition) is 1. The molecule has 14 heavy (non-hydrogen) atoms. The Balaban J connectivity index is 3.23. The van der Waals surface area contributed by atoms with E-state index in [-0.39, 0.29) is 4.47 Å². The number of alkyl halides is 3. The van der Waals surface area contributed by atoms with Crippen LogP contribution in [0.2, 0.25) is 4.47 Å². The molecule has 0 spiro atoms. The Labute approximate surface area is 85.7 Å². The summed E-state index contributed by atoms with van der Waals surface area (Å²) in [7, 11) is 0. The lowest BCUT2D eigenvalue weighted by Crippen LogP contribution is -2.17. The molecule has 1 rings (SSSR count). The highest BCUT2D eigenvalue weighted by Gasteiger charge is 2.39. The predicted molar refractivity (Wildman–Crippen MR) is 45.5 cm³/mol. The van der Waals surface area contributed by atoms with Crippen molar-refractivity contribution in [1.82, 2.24) is 4.98 Å². The number of aromatic nitrogens is 1. The van der Waals surface area contributed by atoms with Crippen LogP contribution >= 0.6 is 22.9 Å². The Morgan fingerprint density at radius 3 is 2.57 bits per heavy atom. The SMILES string of the molecule is NCC(=O)c1sc(Cl)nc1C(F)(F)F. The average Bonchev–Trinajstić information content (AvgIpc) is 2.45. The monoisotopic (exact) mass is 244 g/mol. The minimum absolute atomic E-state index is 0.325. The predicted octanol–water partition coefficient (Wildman–Crippen LogP) is 1.96. The van der Waals surface area contributed by atoms with Gasteiger partial charge in [0.05, 0.1) is 6.54 Å². The number of carbonyl (C=O) groups excluding carboxylic acids is 1.